The van der Waals surface area contributed by atoms with E-state index >= 15 is 0 Å². The lowest BCUT2D eigenvalue weighted by Crippen LogP contribution is -2.14. The highest BCUT2D eigenvalue weighted by atomic mass is 19.3. The van der Waals surface area contributed by atoms with Crippen molar-refractivity contribution in [3.05, 3.63) is 54.1 Å². The van der Waals surface area contributed by atoms with E-state index in [9.17, 15) is 13.6 Å². The smallest absolute Gasteiger partial charge is 0.387 e. The average Bonchev–Trinajstić information content (AvgIpc) is 2.43. The van der Waals surface area contributed by atoms with E-state index in [2.05, 4.69) is 10.1 Å². The quantitative estimate of drug-likeness (QED) is 0.890. The van der Waals surface area contributed by atoms with Crippen LogP contribution in [-0.2, 0) is 11.2 Å². The van der Waals surface area contributed by atoms with Gasteiger partial charge in [-0.2, -0.15) is 8.78 Å². The second-order valence-electron chi connectivity index (χ2n) is 4.29. The first-order valence-corrected chi connectivity index (χ1v) is 6.15. The molecule has 0 aliphatic carbocycles. The summed E-state index contributed by atoms with van der Waals surface area (Å²) < 4.78 is 28.2. The van der Waals surface area contributed by atoms with Gasteiger partial charge in [-0.1, -0.05) is 12.1 Å². The average molecular weight is 293 g/mol. The third-order valence-electron chi connectivity index (χ3n) is 2.66. The van der Waals surface area contributed by atoms with Gasteiger partial charge in [-0.15, -0.1) is 0 Å². The maximum Gasteiger partial charge on any atom is 0.387 e. The van der Waals surface area contributed by atoms with Crippen molar-refractivity contribution in [2.75, 3.05) is 5.32 Å². The summed E-state index contributed by atoms with van der Waals surface area (Å²) >= 11 is 0. The van der Waals surface area contributed by atoms with Gasteiger partial charge in [0.2, 0.25) is 5.91 Å². The Kier molecular flexibility index (Phi) is 4.71. The molecule has 0 spiro atoms. The Morgan fingerprint density at radius 2 is 1.71 bits per heavy atom. The Morgan fingerprint density at radius 3 is 2.29 bits per heavy atom. The van der Waals surface area contributed by atoms with E-state index < -0.39 is 6.61 Å². The van der Waals surface area contributed by atoms with Gasteiger partial charge in [0.25, 0.3) is 0 Å². The Bertz CT molecular complexity index is 597. The monoisotopic (exact) mass is 293 g/mol. The first-order valence-electron chi connectivity index (χ1n) is 6.15. The number of nitrogens with one attached hydrogen (secondary N) is 1. The molecule has 110 valence electrons. The van der Waals surface area contributed by atoms with Crippen LogP contribution in [0.5, 0.6) is 11.5 Å². The molecule has 1 amide bonds. The molecule has 0 atom stereocenters. The molecule has 0 heterocycles. The Labute approximate surface area is 120 Å². The maximum absolute atomic E-state index is 12.0. The molecule has 0 saturated carbocycles. The molecule has 0 unspecified atom stereocenters. The molecule has 0 saturated heterocycles. The van der Waals surface area contributed by atoms with Gasteiger partial charge in [0, 0.05) is 5.69 Å². The van der Waals surface area contributed by atoms with Crippen LogP contribution in [0.2, 0.25) is 0 Å². The van der Waals surface area contributed by atoms with Crippen LogP contribution in [0.4, 0.5) is 14.5 Å². The van der Waals surface area contributed by atoms with E-state index in [-0.39, 0.29) is 23.8 Å². The van der Waals surface area contributed by atoms with Crippen LogP contribution in [0.1, 0.15) is 5.56 Å². The molecule has 0 bridgehead atoms. The number of phenols is 1. The molecule has 6 heteroatoms. The molecular formula is C15H13F2NO3. The molecule has 2 aromatic carbocycles. The predicted molar refractivity (Wildman–Crippen MR) is 73.5 cm³/mol. The second kappa shape index (κ2) is 6.69. The summed E-state index contributed by atoms with van der Waals surface area (Å²) in [5.74, 6) is -0.0847. The van der Waals surface area contributed by atoms with E-state index in [1.165, 1.54) is 36.4 Å². The van der Waals surface area contributed by atoms with E-state index in [1.54, 1.807) is 12.1 Å². The van der Waals surface area contributed by atoms with Crippen LogP contribution < -0.4 is 10.1 Å². The molecule has 21 heavy (non-hydrogen) atoms. The van der Waals surface area contributed by atoms with Crippen molar-refractivity contribution in [1.82, 2.24) is 0 Å². The third kappa shape index (κ3) is 4.76. The van der Waals surface area contributed by atoms with Gasteiger partial charge < -0.3 is 15.2 Å². The first kappa shape index (κ1) is 14.8. The molecule has 0 fully saturated rings. The van der Waals surface area contributed by atoms with Crippen molar-refractivity contribution in [3.63, 3.8) is 0 Å². The number of hydrogen-bond donors (Lipinski definition) is 2. The van der Waals surface area contributed by atoms with Crippen LogP contribution in [-0.4, -0.2) is 17.6 Å². The van der Waals surface area contributed by atoms with Gasteiger partial charge in [0.1, 0.15) is 11.5 Å². The van der Waals surface area contributed by atoms with Crippen molar-refractivity contribution in [3.8, 4) is 11.5 Å². The van der Waals surface area contributed by atoms with E-state index in [1.807, 2.05) is 0 Å². The minimum absolute atomic E-state index is 0.0292. The molecule has 2 N–H and O–H groups in total. The maximum atomic E-state index is 12.0. The molecule has 2 rings (SSSR count). The minimum Gasteiger partial charge on any atom is -0.508 e. The van der Waals surface area contributed by atoms with Crippen LogP contribution in [0.25, 0.3) is 0 Å². The van der Waals surface area contributed by atoms with E-state index in [0.29, 0.717) is 5.69 Å². The highest BCUT2D eigenvalue weighted by Gasteiger charge is 2.06. The molecule has 0 aromatic heterocycles. The summed E-state index contributed by atoms with van der Waals surface area (Å²) in [7, 11) is 0. The summed E-state index contributed by atoms with van der Waals surface area (Å²) in [6, 6.07) is 11.9. The van der Waals surface area contributed by atoms with Crippen molar-refractivity contribution in [2.45, 2.75) is 13.0 Å². The van der Waals surface area contributed by atoms with Gasteiger partial charge in [-0.05, 0) is 42.0 Å². The molecule has 0 aliphatic rings. The SMILES string of the molecule is O=C(Cc1ccc(O)cc1)Nc1ccc(OC(F)F)cc1. The standard InChI is InChI=1S/C15H13F2NO3/c16-15(17)21-13-7-3-11(4-8-13)18-14(20)9-10-1-5-12(19)6-2-10/h1-8,15,19H,9H2,(H,18,20). The number of aromatic hydroxyl groups is 1. The number of benzene rings is 2. The number of halogens is 2. The van der Waals surface area contributed by atoms with Gasteiger partial charge in [0.15, 0.2) is 0 Å². The van der Waals surface area contributed by atoms with Crippen LogP contribution >= 0.6 is 0 Å². The minimum atomic E-state index is -2.88. The Hall–Kier alpha value is -2.63. The lowest BCUT2D eigenvalue weighted by atomic mass is 10.1. The number of hydrogen-bond acceptors (Lipinski definition) is 3. The number of alkyl halides is 2. The number of carbonyl (C=O) groups excluding carboxylic acids is 1. The fraction of sp³-hybridized carbons (Fsp3) is 0.133. The largest absolute Gasteiger partial charge is 0.508 e. The molecular weight excluding hydrogens is 280 g/mol. The van der Waals surface area contributed by atoms with Crippen molar-refractivity contribution < 1.29 is 23.4 Å². The lowest BCUT2D eigenvalue weighted by Gasteiger charge is -2.07. The highest BCUT2D eigenvalue weighted by molar-refractivity contribution is 5.92. The van der Waals surface area contributed by atoms with Gasteiger partial charge in [-0.3, -0.25) is 4.79 Å². The number of rotatable bonds is 5. The number of ether oxygens (including phenoxy) is 1. The normalized spacial score (nSPS) is 10.4. The van der Waals surface area contributed by atoms with Crippen LogP contribution in [0, 0.1) is 0 Å². The van der Waals surface area contributed by atoms with Gasteiger partial charge >= 0.3 is 6.61 Å². The molecule has 4 nitrogen and oxygen atoms in total. The fourth-order valence-electron chi connectivity index (χ4n) is 1.72. The second-order valence-corrected chi connectivity index (χ2v) is 4.29. The topological polar surface area (TPSA) is 58.6 Å². The summed E-state index contributed by atoms with van der Waals surface area (Å²) in [5.41, 5.74) is 1.24. The van der Waals surface area contributed by atoms with Crippen LogP contribution in [0.3, 0.4) is 0 Å². The van der Waals surface area contributed by atoms with E-state index in [0.717, 1.165) is 5.56 Å². The third-order valence-corrected chi connectivity index (χ3v) is 2.66. The van der Waals surface area contributed by atoms with E-state index in [4.69, 9.17) is 5.11 Å². The van der Waals surface area contributed by atoms with Crippen molar-refractivity contribution in [2.24, 2.45) is 0 Å². The molecule has 0 aliphatic heterocycles. The first-order chi connectivity index (χ1) is 10.0. The fourth-order valence-corrected chi connectivity index (χ4v) is 1.72. The number of carbonyl (C=O) groups is 1. The van der Waals surface area contributed by atoms with Crippen molar-refractivity contribution >= 4 is 11.6 Å². The number of amides is 1. The predicted octanol–water partition coefficient (Wildman–Crippen LogP) is 3.17. The summed E-state index contributed by atoms with van der Waals surface area (Å²) in [6.45, 7) is -2.88. The lowest BCUT2D eigenvalue weighted by molar-refractivity contribution is -0.115. The van der Waals surface area contributed by atoms with Crippen molar-refractivity contribution in [1.29, 1.82) is 0 Å². The number of anilines is 1. The van der Waals surface area contributed by atoms with Gasteiger partial charge in [-0.25, -0.2) is 0 Å². The summed E-state index contributed by atoms with van der Waals surface area (Å²) in [6.07, 6.45) is 0.148. The van der Waals surface area contributed by atoms with Crippen LogP contribution in [0.15, 0.2) is 48.5 Å². The Balaban J connectivity index is 1.91. The summed E-state index contributed by atoms with van der Waals surface area (Å²) in [4.78, 5) is 11.8. The zero-order valence-electron chi connectivity index (χ0n) is 10.9. The highest BCUT2D eigenvalue weighted by Crippen LogP contribution is 2.18. The zero-order chi connectivity index (χ0) is 15.2. The Morgan fingerprint density at radius 1 is 1.10 bits per heavy atom. The molecule has 2 aromatic rings. The summed E-state index contributed by atoms with van der Waals surface area (Å²) in [5, 5.41) is 11.8. The number of phenolic OH excluding ortho intramolecular Hbond substituents is 1. The zero-order valence-corrected chi connectivity index (χ0v) is 10.9. The van der Waals surface area contributed by atoms with Gasteiger partial charge in [0.05, 0.1) is 6.42 Å². The molecule has 0 radical (unpaired) electrons.